The van der Waals surface area contributed by atoms with E-state index in [1.54, 1.807) is 0 Å². The third-order valence-corrected chi connectivity index (χ3v) is 2.88. The fourth-order valence-corrected chi connectivity index (χ4v) is 2.04. The highest BCUT2D eigenvalue weighted by Crippen LogP contribution is 2.28. The molecule has 0 heteroatoms. The summed E-state index contributed by atoms with van der Waals surface area (Å²) in [5.74, 6) is 2.00. The van der Waals surface area contributed by atoms with E-state index in [-0.39, 0.29) is 0 Å². The Bertz CT molecular complexity index is 88.2. The molecule has 0 radical (unpaired) electrons. The lowest BCUT2D eigenvalue weighted by molar-refractivity contribution is 0.317. The normalized spacial score (nSPS) is 16.2. The monoisotopic (exact) mass is 214 g/mol. The van der Waals surface area contributed by atoms with Gasteiger partial charge in [-0.15, -0.1) is 0 Å². The van der Waals surface area contributed by atoms with Gasteiger partial charge in [-0.05, 0) is 11.8 Å². The highest BCUT2D eigenvalue weighted by Gasteiger charge is 2.12. The Hall–Kier alpha value is 0. The molecule has 0 unspecified atom stereocenters. The van der Waals surface area contributed by atoms with E-state index < -0.39 is 0 Å². The molecule has 0 spiro atoms. The van der Waals surface area contributed by atoms with Gasteiger partial charge in [0.15, 0.2) is 0 Å². The highest BCUT2D eigenvalue weighted by atomic mass is 14.2. The average Bonchev–Trinajstić information content (AvgIpc) is 2.33. The van der Waals surface area contributed by atoms with Crippen LogP contribution in [-0.2, 0) is 0 Å². The van der Waals surface area contributed by atoms with Gasteiger partial charge >= 0.3 is 0 Å². The van der Waals surface area contributed by atoms with Crippen LogP contribution in [0.2, 0.25) is 0 Å². The first-order chi connectivity index (χ1) is 7.29. The van der Waals surface area contributed by atoms with Crippen LogP contribution < -0.4 is 0 Å². The Morgan fingerprint density at radius 1 is 0.867 bits per heavy atom. The summed E-state index contributed by atoms with van der Waals surface area (Å²) in [4.78, 5) is 0. The second-order valence-corrected chi connectivity index (χ2v) is 4.48. The largest absolute Gasteiger partial charge is 0.0683 e. The van der Waals surface area contributed by atoms with E-state index in [1.807, 2.05) is 27.7 Å². The summed E-state index contributed by atoms with van der Waals surface area (Å²) in [6, 6.07) is 0. The molecule has 1 rings (SSSR count). The van der Waals surface area contributed by atoms with Crippen LogP contribution in [0.3, 0.4) is 0 Å². The fourth-order valence-electron chi connectivity index (χ4n) is 2.04. The Labute approximate surface area is 98.9 Å². The molecule has 94 valence electrons. The van der Waals surface area contributed by atoms with E-state index >= 15 is 0 Å². The van der Waals surface area contributed by atoms with Crippen molar-refractivity contribution in [3.63, 3.8) is 0 Å². The summed E-state index contributed by atoms with van der Waals surface area (Å²) in [7, 11) is 0. The first-order valence-electron chi connectivity index (χ1n) is 7.29. The van der Waals surface area contributed by atoms with Crippen LogP contribution in [0.1, 0.15) is 86.5 Å². The molecule has 0 atom stereocenters. The third kappa shape index (κ3) is 11.9. The second-order valence-electron chi connectivity index (χ2n) is 4.48. The molecule has 1 aliphatic rings. The number of hydrogen-bond donors (Lipinski definition) is 0. The van der Waals surface area contributed by atoms with Crippen LogP contribution in [0.5, 0.6) is 0 Å². The van der Waals surface area contributed by atoms with E-state index in [0.29, 0.717) is 0 Å². The summed E-state index contributed by atoms with van der Waals surface area (Å²) in [5, 5.41) is 0. The van der Waals surface area contributed by atoms with Gasteiger partial charge in [-0.3, -0.25) is 0 Å². The van der Waals surface area contributed by atoms with Gasteiger partial charge in [-0.1, -0.05) is 86.5 Å². The van der Waals surface area contributed by atoms with Crippen molar-refractivity contribution in [2.24, 2.45) is 11.8 Å². The second kappa shape index (κ2) is 14.0. The molecular weight excluding hydrogens is 180 g/mol. The van der Waals surface area contributed by atoms with Crippen LogP contribution >= 0.6 is 0 Å². The van der Waals surface area contributed by atoms with Crippen molar-refractivity contribution in [2.75, 3.05) is 0 Å². The Kier molecular flexibility index (Phi) is 16.2. The van der Waals surface area contributed by atoms with Gasteiger partial charge in [0.25, 0.3) is 0 Å². The summed E-state index contributed by atoms with van der Waals surface area (Å²) < 4.78 is 0. The summed E-state index contributed by atoms with van der Waals surface area (Å²) in [6.45, 7) is 12.7. The Balaban J connectivity index is 0. The molecule has 0 aromatic heterocycles. The van der Waals surface area contributed by atoms with Crippen LogP contribution in [0.4, 0.5) is 0 Å². The van der Waals surface area contributed by atoms with Crippen LogP contribution in [0, 0.1) is 11.8 Å². The first-order valence-corrected chi connectivity index (χ1v) is 7.29. The minimum Gasteiger partial charge on any atom is -0.0683 e. The van der Waals surface area contributed by atoms with Crippen molar-refractivity contribution < 1.29 is 0 Å². The van der Waals surface area contributed by atoms with Crippen molar-refractivity contribution in [2.45, 2.75) is 86.5 Å². The minimum atomic E-state index is 0.914. The molecule has 0 aliphatic heterocycles. The number of rotatable bonds is 3. The van der Waals surface area contributed by atoms with Crippen molar-refractivity contribution in [3.8, 4) is 0 Å². The van der Waals surface area contributed by atoms with Gasteiger partial charge in [0.2, 0.25) is 0 Å². The zero-order chi connectivity index (χ0) is 12.1. The molecule has 0 N–H and O–H groups in total. The van der Waals surface area contributed by atoms with E-state index in [9.17, 15) is 0 Å². The molecule has 0 bridgehead atoms. The lowest BCUT2D eigenvalue weighted by Gasteiger charge is -2.21. The van der Waals surface area contributed by atoms with E-state index in [1.165, 1.54) is 44.9 Å². The maximum absolute atomic E-state index is 2.34. The Morgan fingerprint density at radius 2 is 1.33 bits per heavy atom. The molecule has 1 saturated carbocycles. The van der Waals surface area contributed by atoms with E-state index in [0.717, 1.165) is 11.8 Å². The number of hydrogen-bond acceptors (Lipinski definition) is 0. The maximum Gasteiger partial charge on any atom is -0.0414 e. The van der Waals surface area contributed by atoms with Gasteiger partial charge < -0.3 is 0 Å². The smallest absolute Gasteiger partial charge is 0.0414 e. The SMILES string of the molecule is CC.CC.CC(C)CCC1CCCCC1. The van der Waals surface area contributed by atoms with Crippen molar-refractivity contribution in [1.29, 1.82) is 0 Å². The molecule has 15 heavy (non-hydrogen) atoms. The third-order valence-electron chi connectivity index (χ3n) is 2.88. The molecule has 0 heterocycles. The summed E-state index contributed by atoms with van der Waals surface area (Å²) in [6.07, 6.45) is 10.5. The van der Waals surface area contributed by atoms with Gasteiger partial charge in [0.1, 0.15) is 0 Å². The predicted molar refractivity (Wildman–Crippen MR) is 73.3 cm³/mol. The van der Waals surface area contributed by atoms with Crippen LogP contribution in [0.15, 0.2) is 0 Å². The molecule has 0 amide bonds. The Morgan fingerprint density at radius 3 is 1.73 bits per heavy atom. The van der Waals surface area contributed by atoms with E-state index in [2.05, 4.69) is 13.8 Å². The van der Waals surface area contributed by atoms with Gasteiger partial charge in [0.05, 0.1) is 0 Å². The van der Waals surface area contributed by atoms with Crippen LogP contribution in [0.25, 0.3) is 0 Å². The maximum atomic E-state index is 2.34. The predicted octanol–water partition coefficient (Wildman–Crippen LogP) is 6.06. The van der Waals surface area contributed by atoms with Gasteiger partial charge in [-0.25, -0.2) is 0 Å². The molecule has 0 nitrogen and oxygen atoms in total. The summed E-state index contributed by atoms with van der Waals surface area (Å²) >= 11 is 0. The standard InChI is InChI=1S/C11H22.2C2H6/c1-10(2)8-9-11-6-4-3-5-7-11;2*1-2/h10-11H,3-9H2,1-2H3;2*1-2H3. The summed E-state index contributed by atoms with van der Waals surface area (Å²) in [5.41, 5.74) is 0. The quantitative estimate of drug-likeness (QED) is 0.536. The van der Waals surface area contributed by atoms with Crippen LogP contribution in [-0.4, -0.2) is 0 Å². The topological polar surface area (TPSA) is 0 Å². The van der Waals surface area contributed by atoms with Gasteiger partial charge in [0, 0.05) is 0 Å². The van der Waals surface area contributed by atoms with E-state index in [4.69, 9.17) is 0 Å². The minimum absolute atomic E-state index is 0.914. The zero-order valence-electron chi connectivity index (χ0n) is 12.1. The lowest BCUT2D eigenvalue weighted by Crippen LogP contribution is -2.06. The molecule has 1 fully saturated rings. The molecule has 0 saturated heterocycles. The molecule has 1 aliphatic carbocycles. The van der Waals surface area contributed by atoms with Crippen molar-refractivity contribution in [1.82, 2.24) is 0 Å². The highest BCUT2D eigenvalue weighted by molar-refractivity contribution is 4.66. The average molecular weight is 214 g/mol. The molecule has 0 aromatic carbocycles. The molecule has 0 aromatic rings. The van der Waals surface area contributed by atoms with Crippen molar-refractivity contribution >= 4 is 0 Å². The van der Waals surface area contributed by atoms with Gasteiger partial charge in [-0.2, -0.15) is 0 Å². The first kappa shape index (κ1) is 17.4. The van der Waals surface area contributed by atoms with Crippen molar-refractivity contribution in [3.05, 3.63) is 0 Å². The lowest BCUT2D eigenvalue weighted by atomic mass is 9.85. The zero-order valence-corrected chi connectivity index (χ0v) is 12.1. The molecular formula is C15H34. The fraction of sp³-hybridized carbons (Fsp3) is 1.00.